The molecular formula is C7H7Cl2N. The molecule has 0 fully saturated rings. The zero-order chi connectivity index (χ0) is 7.56. The topological polar surface area (TPSA) is 3.24 Å². The summed E-state index contributed by atoms with van der Waals surface area (Å²) >= 11 is 11.3. The highest BCUT2D eigenvalue weighted by Gasteiger charge is 1.93. The van der Waals surface area contributed by atoms with Crippen LogP contribution in [0, 0.1) is 0 Å². The Bertz CT molecular complexity index is 205. The van der Waals surface area contributed by atoms with Crippen LogP contribution >= 0.6 is 23.4 Å². The highest BCUT2D eigenvalue weighted by molar-refractivity contribution is 6.30. The Kier molecular flexibility index (Phi) is 2.41. The zero-order valence-electron chi connectivity index (χ0n) is 5.51. The Morgan fingerprint density at radius 2 is 1.70 bits per heavy atom. The quantitative estimate of drug-likeness (QED) is 0.594. The Morgan fingerprint density at radius 3 is 2.10 bits per heavy atom. The molecular weight excluding hydrogens is 169 g/mol. The van der Waals surface area contributed by atoms with Crippen molar-refractivity contribution in [2.24, 2.45) is 0 Å². The van der Waals surface area contributed by atoms with Gasteiger partial charge in [0.05, 0.1) is 5.69 Å². The van der Waals surface area contributed by atoms with Gasteiger partial charge < -0.3 is 0 Å². The number of hydrogen-bond donors (Lipinski definition) is 0. The molecule has 0 bridgehead atoms. The normalized spacial score (nSPS) is 9.50. The van der Waals surface area contributed by atoms with Gasteiger partial charge in [-0.2, -0.15) is 0 Å². The Morgan fingerprint density at radius 1 is 1.20 bits per heavy atom. The molecule has 1 aromatic rings. The molecule has 3 heteroatoms. The minimum absolute atomic E-state index is 0.724. The van der Waals surface area contributed by atoms with Crippen molar-refractivity contribution in [3.8, 4) is 0 Å². The summed E-state index contributed by atoms with van der Waals surface area (Å²) in [5.41, 5.74) is 0.936. The predicted molar refractivity (Wildman–Crippen MR) is 45.7 cm³/mol. The van der Waals surface area contributed by atoms with Crippen LogP contribution in [0.15, 0.2) is 24.3 Å². The van der Waals surface area contributed by atoms with Gasteiger partial charge in [-0.05, 0) is 24.3 Å². The second-order valence-electron chi connectivity index (χ2n) is 1.95. The van der Waals surface area contributed by atoms with Gasteiger partial charge in [0.25, 0.3) is 0 Å². The van der Waals surface area contributed by atoms with Crippen molar-refractivity contribution in [1.82, 2.24) is 0 Å². The van der Waals surface area contributed by atoms with E-state index < -0.39 is 0 Å². The van der Waals surface area contributed by atoms with Crippen LogP contribution in [0.1, 0.15) is 0 Å². The van der Waals surface area contributed by atoms with Crippen molar-refractivity contribution in [2.45, 2.75) is 0 Å². The van der Waals surface area contributed by atoms with Crippen molar-refractivity contribution >= 4 is 29.1 Å². The zero-order valence-corrected chi connectivity index (χ0v) is 7.02. The molecule has 0 atom stereocenters. The van der Waals surface area contributed by atoms with E-state index in [1.54, 1.807) is 19.2 Å². The minimum atomic E-state index is 0.724. The molecule has 1 aromatic carbocycles. The largest absolute Gasteiger partial charge is 0.288 e. The molecule has 54 valence electrons. The van der Waals surface area contributed by atoms with Crippen LogP contribution in [0.5, 0.6) is 0 Å². The van der Waals surface area contributed by atoms with Gasteiger partial charge in [-0.1, -0.05) is 11.6 Å². The van der Waals surface area contributed by atoms with Crippen LogP contribution in [-0.4, -0.2) is 7.05 Å². The van der Waals surface area contributed by atoms with Gasteiger partial charge in [-0.3, -0.25) is 4.42 Å². The Labute approximate surface area is 70.3 Å². The lowest BCUT2D eigenvalue weighted by molar-refractivity contribution is 1.34. The van der Waals surface area contributed by atoms with E-state index in [1.165, 1.54) is 4.42 Å². The molecule has 0 aromatic heterocycles. The third-order valence-corrected chi connectivity index (χ3v) is 1.63. The van der Waals surface area contributed by atoms with Crippen LogP contribution in [0.3, 0.4) is 0 Å². The van der Waals surface area contributed by atoms with E-state index in [1.807, 2.05) is 12.1 Å². The second kappa shape index (κ2) is 3.13. The molecule has 0 heterocycles. The summed E-state index contributed by atoms with van der Waals surface area (Å²) < 4.78 is 1.51. The Balaban J connectivity index is 2.89. The van der Waals surface area contributed by atoms with Crippen molar-refractivity contribution in [1.29, 1.82) is 0 Å². The highest BCUT2D eigenvalue weighted by Crippen LogP contribution is 2.17. The molecule has 0 radical (unpaired) electrons. The predicted octanol–water partition coefficient (Wildman–Crippen LogP) is 2.93. The first-order valence-corrected chi connectivity index (χ1v) is 3.57. The smallest absolute Gasteiger partial charge is 0.0520 e. The van der Waals surface area contributed by atoms with E-state index in [4.69, 9.17) is 23.4 Å². The number of halogens is 2. The summed E-state index contributed by atoms with van der Waals surface area (Å²) in [6.07, 6.45) is 0. The van der Waals surface area contributed by atoms with E-state index in [9.17, 15) is 0 Å². The van der Waals surface area contributed by atoms with Gasteiger partial charge in [0.15, 0.2) is 0 Å². The lowest BCUT2D eigenvalue weighted by Crippen LogP contribution is -1.98. The van der Waals surface area contributed by atoms with Crippen molar-refractivity contribution < 1.29 is 0 Å². The number of hydrogen-bond acceptors (Lipinski definition) is 1. The molecule has 0 aliphatic rings. The monoisotopic (exact) mass is 175 g/mol. The van der Waals surface area contributed by atoms with Crippen LogP contribution < -0.4 is 4.42 Å². The molecule has 0 saturated heterocycles. The summed E-state index contributed by atoms with van der Waals surface area (Å²) in [6.45, 7) is 0. The molecule has 0 unspecified atom stereocenters. The SMILES string of the molecule is CN(Cl)c1ccc(Cl)cc1. The lowest BCUT2D eigenvalue weighted by atomic mass is 10.3. The third kappa shape index (κ3) is 1.79. The first kappa shape index (κ1) is 7.70. The van der Waals surface area contributed by atoms with Gasteiger partial charge in [-0.15, -0.1) is 0 Å². The Hall–Kier alpha value is -0.400. The maximum absolute atomic E-state index is 5.65. The minimum Gasteiger partial charge on any atom is -0.288 e. The number of anilines is 1. The highest BCUT2D eigenvalue weighted by atomic mass is 35.5. The maximum Gasteiger partial charge on any atom is 0.0520 e. The fourth-order valence-electron chi connectivity index (χ4n) is 0.647. The van der Waals surface area contributed by atoms with Crippen LogP contribution in [0.4, 0.5) is 5.69 Å². The first-order chi connectivity index (χ1) is 4.70. The lowest BCUT2D eigenvalue weighted by Gasteiger charge is -2.07. The fraction of sp³-hybridized carbons (Fsp3) is 0.143. The first-order valence-electron chi connectivity index (χ1n) is 2.85. The molecule has 0 amide bonds. The van der Waals surface area contributed by atoms with Gasteiger partial charge in [0.1, 0.15) is 0 Å². The van der Waals surface area contributed by atoms with E-state index in [0.29, 0.717) is 0 Å². The fourth-order valence-corrected chi connectivity index (χ4v) is 0.885. The molecule has 0 aliphatic heterocycles. The van der Waals surface area contributed by atoms with Crippen LogP contribution in [-0.2, 0) is 0 Å². The summed E-state index contributed by atoms with van der Waals surface area (Å²) in [4.78, 5) is 0. The summed E-state index contributed by atoms with van der Waals surface area (Å²) in [5.74, 6) is 0. The maximum atomic E-state index is 5.65. The summed E-state index contributed by atoms with van der Waals surface area (Å²) in [5, 5.41) is 0.724. The van der Waals surface area contributed by atoms with Gasteiger partial charge >= 0.3 is 0 Å². The third-order valence-electron chi connectivity index (χ3n) is 1.18. The molecule has 1 rings (SSSR count). The van der Waals surface area contributed by atoms with Crippen molar-refractivity contribution in [3.05, 3.63) is 29.3 Å². The van der Waals surface area contributed by atoms with Crippen molar-refractivity contribution in [3.63, 3.8) is 0 Å². The average Bonchev–Trinajstić information content (AvgIpc) is 1.88. The van der Waals surface area contributed by atoms with E-state index >= 15 is 0 Å². The summed E-state index contributed by atoms with van der Waals surface area (Å²) in [6, 6.07) is 7.32. The second-order valence-corrected chi connectivity index (χ2v) is 2.90. The molecule has 0 aliphatic carbocycles. The van der Waals surface area contributed by atoms with Crippen LogP contribution in [0.2, 0.25) is 5.02 Å². The van der Waals surface area contributed by atoms with E-state index in [2.05, 4.69) is 0 Å². The van der Waals surface area contributed by atoms with Gasteiger partial charge in [0, 0.05) is 23.8 Å². The van der Waals surface area contributed by atoms with E-state index in [0.717, 1.165) is 10.7 Å². The van der Waals surface area contributed by atoms with Gasteiger partial charge in [-0.25, -0.2) is 0 Å². The van der Waals surface area contributed by atoms with Crippen molar-refractivity contribution in [2.75, 3.05) is 11.5 Å². The number of rotatable bonds is 1. The van der Waals surface area contributed by atoms with Gasteiger partial charge in [0.2, 0.25) is 0 Å². The average molecular weight is 176 g/mol. The molecule has 0 spiro atoms. The molecule has 10 heavy (non-hydrogen) atoms. The summed E-state index contributed by atoms with van der Waals surface area (Å²) in [7, 11) is 1.77. The van der Waals surface area contributed by atoms with E-state index in [-0.39, 0.29) is 0 Å². The number of benzene rings is 1. The molecule has 0 N–H and O–H groups in total. The molecule has 1 nitrogen and oxygen atoms in total. The number of nitrogens with zero attached hydrogens (tertiary/aromatic N) is 1. The molecule has 0 saturated carbocycles. The standard InChI is InChI=1S/C7H7Cl2N/c1-10(9)7-4-2-6(8)3-5-7/h2-5H,1H3. The van der Waals surface area contributed by atoms with Crippen LogP contribution in [0.25, 0.3) is 0 Å².